The number of benzene rings is 1. The Bertz CT molecular complexity index is 455. The van der Waals surface area contributed by atoms with E-state index in [0.29, 0.717) is 10.9 Å². The van der Waals surface area contributed by atoms with Crippen LogP contribution in [-0.2, 0) is 6.18 Å². The standard InChI is InChI=1S/C17H24F3NS/c1-2-21(15-8-4-3-5-9-15)11-12-22-16-10-6-7-14(13-16)17(18,19)20/h6-7,10,13,15H,2-5,8-9,11-12H2,1H3. The molecule has 22 heavy (non-hydrogen) atoms. The zero-order chi connectivity index (χ0) is 16.0. The number of hydrogen-bond acceptors (Lipinski definition) is 2. The van der Waals surface area contributed by atoms with Crippen molar-refractivity contribution in [3.05, 3.63) is 29.8 Å². The molecule has 1 nitrogen and oxygen atoms in total. The van der Waals surface area contributed by atoms with E-state index < -0.39 is 11.7 Å². The average Bonchev–Trinajstić information content (AvgIpc) is 2.52. The molecule has 0 heterocycles. The lowest BCUT2D eigenvalue weighted by molar-refractivity contribution is -0.137. The van der Waals surface area contributed by atoms with Crippen LogP contribution >= 0.6 is 11.8 Å². The van der Waals surface area contributed by atoms with Crippen molar-refractivity contribution in [1.29, 1.82) is 0 Å². The lowest BCUT2D eigenvalue weighted by Gasteiger charge is -2.33. The summed E-state index contributed by atoms with van der Waals surface area (Å²) in [5, 5.41) is 0. The molecule has 1 saturated carbocycles. The summed E-state index contributed by atoms with van der Waals surface area (Å²) in [5.74, 6) is 0.839. The van der Waals surface area contributed by atoms with Gasteiger partial charge in [-0.25, -0.2) is 0 Å². The number of halogens is 3. The topological polar surface area (TPSA) is 3.24 Å². The Morgan fingerprint density at radius 1 is 1.18 bits per heavy atom. The molecule has 1 fully saturated rings. The third kappa shape index (κ3) is 5.20. The van der Waals surface area contributed by atoms with Crippen molar-refractivity contribution in [3.63, 3.8) is 0 Å². The molecule has 0 atom stereocenters. The lowest BCUT2D eigenvalue weighted by atomic mass is 9.94. The predicted octanol–water partition coefficient (Wildman–Crippen LogP) is 5.45. The Kier molecular flexibility index (Phi) is 6.63. The smallest absolute Gasteiger partial charge is 0.300 e. The van der Waals surface area contributed by atoms with Crippen molar-refractivity contribution in [1.82, 2.24) is 4.90 Å². The second kappa shape index (κ2) is 8.25. The van der Waals surface area contributed by atoms with Gasteiger partial charge < -0.3 is 0 Å². The fraction of sp³-hybridized carbons (Fsp3) is 0.647. The molecule has 2 rings (SSSR count). The monoisotopic (exact) mass is 331 g/mol. The Morgan fingerprint density at radius 2 is 1.91 bits per heavy atom. The van der Waals surface area contributed by atoms with Crippen molar-refractivity contribution in [3.8, 4) is 0 Å². The summed E-state index contributed by atoms with van der Waals surface area (Å²) in [6.45, 7) is 4.14. The summed E-state index contributed by atoms with van der Waals surface area (Å²) >= 11 is 1.52. The van der Waals surface area contributed by atoms with Gasteiger partial charge in [-0.15, -0.1) is 11.8 Å². The highest BCUT2D eigenvalue weighted by Crippen LogP contribution is 2.32. The maximum atomic E-state index is 12.7. The second-order valence-electron chi connectivity index (χ2n) is 5.79. The normalized spacial score (nSPS) is 17.1. The maximum absolute atomic E-state index is 12.7. The van der Waals surface area contributed by atoms with E-state index in [0.717, 1.165) is 24.9 Å². The third-order valence-electron chi connectivity index (χ3n) is 4.31. The maximum Gasteiger partial charge on any atom is 0.416 e. The minimum atomic E-state index is -4.26. The van der Waals surface area contributed by atoms with E-state index in [1.807, 2.05) is 0 Å². The van der Waals surface area contributed by atoms with Gasteiger partial charge in [0.15, 0.2) is 0 Å². The first kappa shape index (κ1) is 17.7. The van der Waals surface area contributed by atoms with Gasteiger partial charge in [0.25, 0.3) is 0 Å². The van der Waals surface area contributed by atoms with Crippen molar-refractivity contribution in [2.45, 2.75) is 56.1 Å². The summed E-state index contributed by atoms with van der Waals surface area (Å²) in [7, 11) is 0. The van der Waals surface area contributed by atoms with Gasteiger partial charge in [0, 0.05) is 23.2 Å². The SMILES string of the molecule is CCN(CCSc1cccc(C(F)(F)F)c1)C1CCCCC1. The van der Waals surface area contributed by atoms with E-state index in [4.69, 9.17) is 0 Å². The molecular formula is C17H24F3NS. The van der Waals surface area contributed by atoms with Crippen molar-refractivity contribution >= 4 is 11.8 Å². The Hall–Kier alpha value is -0.680. The van der Waals surface area contributed by atoms with Crippen LogP contribution in [0.5, 0.6) is 0 Å². The fourth-order valence-corrected chi connectivity index (χ4v) is 4.03. The molecular weight excluding hydrogens is 307 g/mol. The number of nitrogens with zero attached hydrogens (tertiary/aromatic N) is 1. The molecule has 1 aromatic rings. The van der Waals surface area contributed by atoms with Gasteiger partial charge >= 0.3 is 6.18 Å². The van der Waals surface area contributed by atoms with Crippen LogP contribution in [0, 0.1) is 0 Å². The highest BCUT2D eigenvalue weighted by atomic mass is 32.2. The highest BCUT2D eigenvalue weighted by Gasteiger charge is 2.30. The molecule has 0 saturated heterocycles. The molecule has 0 unspecified atom stereocenters. The van der Waals surface area contributed by atoms with Crippen LogP contribution in [0.1, 0.15) is 44.6 Å². The van der Waals surface area contributed by atoms with Gasteiger partial charge in [0.1, 0.15) is 0 Å². The first-order valence-electron chi connectivity index (χ1n) is 8.05. The fourth-order valence-electron chi connectivity index (χ4n) is 3.09. The molecule has 1 aliphatic rings. The second-order valence-corrected chi connectivity index (χ2v) is 6.96. The van der Waals surface area contributed by atoms with Gasteiger partial charge in [-0.2, -0.15) is 13.2 Å². The number of hydrogen-bond donors (Lipinski definition) is 0. The highest BCUT2D eigenvalue weighted by molar-refractivity contribution is 7.99. The van der Waals surface area contributed by atoms with E-state index in [2.05, 4.69) is 11.8 Å². The summed E-state index contributed by atoms with van der Waals surface area (Å²) in [6.07, 6.45) is 2.23. The molecule has 124 valence electrons. The lowest BCUT2D eigenvalue weighted by Crippen LogP contribution is -2.38. The number of thioether (sulfide) groups is 1. The van der Waals surface area contributed by atoms with Crippen LogP contribution in [0.15, 0.2) is 29.2 Å². The minimum Gasteiger partial charge on any atom is -0.300 e. The first-order valence-corrected chi connectivity index (χ1v) is 9.03. The van der Waals surface area contributed by atoms with E-state index in [-0.39, 0.29) is 0 Å². The van der Waals surface area contributed by atoms with Crippen molar-refractivity contribution < 1.29 is 13.2 Å². The predicted molar refractivity (Wildman–Crippen MR) is 86.3 cm³/mol. The molecule has 0 bridgehead atoms. The summed E-state index contributed by atoms with van der Waals surface area (Å²) in [5.41, 5.74) is -0.558. The quantitative estimate of drug-likeness (QED) is 0.638. The summed E-state index contributed by atoms with van der Waals surface area (Å²) in [4.78, 5) is 3.19. The Balaban J connectivity index is 1.84. The van der Waals surface area contributed by atoms with Crippen LogP contribution in [0.25, 0.3) is 0 Å². The molecule has 0 aliphatic heterocycles. The zero-order valence-electron chi connectivity index (χ0n) is 13.0. The van der Waals surface area contributed by atoms with Crippen LogP contribution in [0.3, 0.4) is 0 Å². The van der Waals surface area contributed by atoms with E-state index >= 15 is 0 Å². The molecule has 0 N–H and O–H groups in total. The molecule has 1 aliphatic carbocycles. The summed E-state index contributed by atoms with van der Waals surface area (Å²) in [6, 6.07) is 6.30. The first-order chi connectivity index (χ1) is 10.5. The van der Waals surface area contributed by atoms with E-state index in [1.165, 1.54) is 56.0 Å². The number of rotatable bonds is 6. The Morgan fingerprint density at radius 3 is 2.55 bits per heavy atom. The van der Waals surface area contributed by atoms with Crippen LogP contribution in [0.4, 0.5) is 13.2 Å². The van der Waals surface area contributed by atoms with E-state index in [1.54, 1.807) is 6.07 Å². The van der Waals surface area contributed by atoms with Crippen LogP contribution in [0.2, 0.25) is 0 Å². The van der Waals surface area contributed by atoms with Crippen LogP contribution in [-0.4, -0.2) is 29.8 Å². The van der Waals surface area contributed by atoms with Gasteiger partial charge in [0.05, 0.1) is 5.56 Å². The zero-order valence-corrected chi connectivity index (χ0v) is 13.8. The van der Waals surface area contributed by atoms with Gasteiger partial charge in [-0.05, 0) is 37.6 Å². The number of alkyl halides is 3. The molecule has 0 radical (unpaired) electrons. The molecule has 0 aromatic heterocycles. The van der Waals surface area contributed by atoms with Crippen LogP contribution < -0.4 is 0 Å². The molecule has 0 spiro atoms. The van der Waals surface area contributed by atoms with Gasteiger partial charge in [-0.3, -0.25) is 4.90 Å². The van der Waals surface area contributed by atoms with E-state index in [9.17, 15) is 13.2 Å². The molecule has 0 amide bonds. The average molecular weight is 331 g/mol. The third-order valence-corrected chi connectivity index (χ3v) is 5.28. The largest absolute Gasteiger partial charge is 0.416 e. The summed E-state index contributed by atoms with van der Waals surface area (Å²) < 4.78 is 38.1. The molecule has 5 heteroatoms. The molecule has 1 aromatic carbocycles. The van der Waals surface area contributed by atoms with Gasteiger partial charge in [-0.1, -0.05) is 32.3 Å². The van der Waals surface area contributed by atoms with Gasteiger partial charge in [0.2, 0.25) is 0 Å². The Labute approximate surface area is 135 Å². The van der Waals surface area contributed by atoms with Crippen molar-refractivity contribution in [2.24, 2.45) is 0 Å². The minimum absolute atomic E-state index is 0.558. The van der Waals surface area contributed by atoms with Crippen molar-refractivity contribution in [2.75, 3.05) is 18.8 Å².